The minimum atomic E-state index is -0.829. The number of hydrogen-bond acceptors (Lipinski definition) is 2. The first kappa shape index (κ1) is 15.0. The maximum atomic E-state index is 11.9. The topological polar surface area (TPSA) is 50.2 Å². The zero-order valence-corrected chi connectivity index (χ0v) is 13.5. The zero-order valence-electron chi connectivity index (χ0n) is 13.5. The van der Waals surface area contributed by atoms with Gasteiger partial charge in [0.25, 0.3) is 0 Å². The molecular formula is C19H23NO2. The Kier molecular flexibility index (Phi) is 3.67. The van der Waals surface area contributed by atoms with Crippen molar-refractivity contribution in [2.75, 3.05) is 0 Å². The van der Waals surface area contributed by atoms with E-state index in [9.17, 15) is 9.90 Å². The summed E-state index contributed by atoms with van der Waals surface area (Å²) < 4.78 is 0. The number of carboxylic acid groups (broad SMARTS) is 1. The van der Waals surface area contributed by atoms with Crippen molar-refractivity contribution >= 4 is 16.9 Å². The van der Waals surface area contributed by atoms with E-state index in [1.54, 1.807) is 0 Å². The van der Waals surface area contributed by atoms with Crippen LogP contribution in [0.5, 0.6) is 0 Å². The van der Waals surface area contributed by atoms with Gasteiger partial charge in [0.1, 0.15) is 0 Å². The SMILES string of the molecule is CCC(C)(C)C1CCc2nc3ccccc3c(C(=O)O)c2C1. The minimum absolute atomic E-state index is 0.235. The zero-order chi connectivity index (χ0) is 15.9. The maximum Gasteiger partial charge on any atom is 0.336 e. The van der Waals surface area contributed by atoms with E-state index in [0.717, 1.165) is 47.8 Å². The molecule has 1 heterocycles. The molecule has 1 N–H and O–H groups in total. The molecule has 1 aromatic heterocycles. The van der Waals surface area contributed by atoms with Crippen LogP contribution < -0.4 is 0 Å². The van der Waals surface area contributed by atoms with Crippen molar-refractivity contribution in [2.45, 2.75) is 46.5 Å². The molecule has 1 unspecified atom stereocenters. The summed E-state index contributed by atoms with van der Waals surface area (Å²) in [7, 11) is 0. The third-order valence-corrected chi connectivity index (χ3v) is 5.49. The lowest BCUT2D eigenvalue weighted by Crippen LogP contribution is -2.30. The molecule has 0 spiro atoms. The van der Waals surface area contributed by atoms with E-state index in [0.29, 0.717) is 11.5 Å². The molecule has 1 aliphatic carbocycles. The van der Waals surface area contributed by atoms with Crippen LogP contribution in [0.4, 0.5) is 0 Å². The van der Waals surface area contributed by atoms with Crippen molar-refractivity contribution in [3.63, 3.8) is 0 Å². The summed E-state index contributed by atoms with van der Waals surface area (Å²) in [4.78, 5) is 16.6. The van der Waals surface area contributed by atoms with Crippen LogP contribution in [0.15, 0.2) is 24.3 Å². The predicted molar refractivity (Wildman–Crippen MR) is 88.3 cm³/mol. The smallest absolute Gasteiger partial charge is 0.336 e. The molecule has 22 heavy (non-hydrogen) atoms. The molecule has 0 bridgehead atoms. The van der Waals surface area contributed by atoms with Crippen LogP contribution in [0, 0.1) is 11.3 Å². The van der Waals surface area contributed by atoms with Crippen LogP contribution in [-0.2, 0) is 12.8 Å². The maximum absolute atomic E-state index is 11.9. The fourth-order valence-corrected chi connectivity index (χ4v) is 3.59. The number of rotatable bonds is 3. The molecule has 3 nitrogen and oxygen atoms in total. The van der Waals surface area contributed by atoms with Gasteiger partial charge in [0.15, 0.2) is 0 Å². The second kappa shape index (κ2) is 5.38. The summed E-state index contributed by atoms with van der Waals surface area (Å²) in [5.41, 5.74) is 3.45. The van der Waals surface area contributed by atoms with E-state index in [2.05, 4.69) is 20.8 Å². The molecule has 116 valence electrons. The summed E-state index contributed by atoms with van der Waals surface area (Å²) in [6.07, 6.45) is 3.92. The Morgan fingerprint density at radius 3 is 2.77 bits per heavy atom. The summed E-state index contributed by atoms with van der Waals surface area (Å²) in [5, 5.41) is 10.5. The highest BCUT2D eigenvalue weighted by Crippen LogP contribution is 2.41. The second-order valence-corrected chi connectivity index (χ2v) is 7.02. The molecule has 0 amide bonds. The fourth-order valence-electron chi connectivity index (χ4n) is 3.59. The van der Waals surface area contributed by atoms with Crippen LogP contribution in [0.3, 0.4) is 0 Å². The number of nitrogens with zero attached hydrogens (tertiary/aromatic N) is 1. The van der Waals surface area contributed by atoms with Gasteiger partial charge in [-0.05, 0) is 42.2 Å². The van der Waals surface area contributed by atoms with Gasteiger partial charge in [-0.3, -0.25) is 4.98 Å². The number of aromatic carboxylic acids is 1. The number of pyridine rings is 1. The van der Waals surface area contributed by atoms with Gasteiger partial charge in [0.05, 0.1) is 11.1 Å². The molecule has 1 atom stereocenters. The van der Waals surface area contributed by atoms with E-state index in [1.807, 2.05) is 24.3 Å². The lowest BCUT2D eigenvalue weighted by Gasteiger charge is -2.37. The summed E-state index contributed by atoms with van der Waals surface area (Å²) in [5.74, 6) is -0.309. The van der Waals surface area contributed by atoms with Gasteiger partial charge in [-0.2, -0.15) is 0 Å². The number of aryl methyl sites for hydroxylation is 1. The molecule has 2 aromatic rings. The lowest BCUT2D eigenvalue weighted by atomic mass is 9.68. The Hall–Kier alpha value is -1.90. The Balaban J connectivity index is 2.17. The van der Waals surface area contributed by atoms with Gasteiger partial charge in [-0.25, -0.2) is 4.79 Å². The number of benzene rings is 1. The predicted octanol–water partition coefficient (Wildman–Crippen LogP) is 4.47. The number of fused-ring (bicyclic) bond motifs is 2. The van der Waals surface area contributed by atoms with Crippen molar-refractivity contribution in [3.05, 3.63) is 41.1 Å². The summed E-state index contributed by atoms with van der Waals surface area (Å²) >= 11 is 0. The number of carboxylic acids is 1. The molecule has 3 rings (SSSR count). The molecule has 0 fully saturated rings. The van der Waals surface area contributed by atoms with E-state index in [4.69, 9.17) is 4.98 Å². The molecule has 1 aromatic carbocycles. The molecule has 0 aliphatic heterocycles. The number of para-hydroxylation sites is 1. The van der Waals surface area contributed by atoms with E-state index >= 15 is 0 Å². The van der Waals surface area contributed by atoms with E-state index in [-0.39, 0.29) is 5.41 Å². The van der Waals surface area contributed by atoms with Gasteiger partial charge in [-0.15, -0.1) is 0 Å². The summed E-state index contributed by atoms with van der Waals surface area (Å²) in [6, 6.07) is 7.59. The molecular weight excluding hydrogens is 274 g/mol. The first-order chi connectivity index (χ1) is 10.4. The Morgan fingerprint density at radius 2 is 2.09 bits per heavy atom. The van der Waals surface area contributed by atoms with E-state index < -0.39 is 5.97 Å². The number of carbonyl (C=O) groups is 1. The number of aromatic nitrogens is 1. The summed E-state index contributed by atoms with van der Waals surface area (Å²) in [6.45, 7) is 6.79. The first-order valence-electron chi connectivity index (χ1n) is 8.08. The third kappa shape index (κ3) is 2.39. The van der Waals surface area contributed by atoms with Gasteiger partial charge in [0, 0.05) is 11.1 Å². The normalized spacial score (nSPS) is 18.2. The Labute approximate surface area is 131 Å². The molecule has 0 radical (unpaired) electrons. The second-order valence-electron chi connectivity index (χ2n) is 7.02. The van der Waals surface area contributed by atoms with Crippen LogP contribution >= 0.6 is 0 Å². The Morgan fingerprint density at radius 1 is 1.36 bits per heavy atom. The van der Waals surface area contributed by atoms with Gasteiger partial charge >= 0.3 is 5.97 Å². The fraction of sp³-hybridized carbons (Fsp3) is 0.474. The van der Waals surface area contributed by atoms with Crippen molar-refractivity contribution in [2.24, 2.45) is 11.3 Å². The van der Waals surface area contributed by atoms with Crippen molar-refractivity contribution < 1.29 is 9.90 Å². The quantitative estimate of drug-likeness (QED) is 0.909. The molecule has 3 heteroatoms. The van der Waals surface area contributed by atoms with Crippen LogP contribution in [0.2, 0.25) is 0 Å². The van der Waals surface area contributed by atoms with Crippen molar-refractivity contribution in [1.82, 2.24) is 4.98 Å². The molecule has 0 saturated carbocycles. The first-order valence-corrected chi connectivity index (χ1v) is 8.08. The highest BCUT2D eigenvalue weighted by molar-refractivity contribution is 6.04. The average molecular weight is 297 g/mol. The van der Waals surface area contributed by atoms with Crippen molar-refractivity contribution in [3.8, 4) is 0 Å². The van der Waals surface area contributed by atoms with Crippen molar-refractivity contribution in [1.29, 1.82) is 0 Å². The highest BCUT2D eigenvalue weighted by Gasteiger charge is 2.34. The van der Waals surface area contributed by atoms with Crippen LogP contribution in [-0.4, -0.2) is 16.1 Å². The number of hydrogen-bond donors (Lipinski definition) is 1. The monoisotopic (exact) mass is 297 g/mol. The standard InChI is InChI=1S/C19H23NO2/c1-4-19(2,3)12-9-10-16-14(11-12)17(18(21)22)13-7-5-6-8-15(13)20-16/h5-8,12H,4,9-11H2,1-3H3,(H,21,22). The average Bonchev–Trinajstić information content (AvgIpc) is 2.51. The minimum Gasteiger partial charge on any atom is -0.478 e. The largest absolute Gasteiger partial charge is 0.478 e. The van der Waals surface area contributed by atoms with E-state index in [1.165, 1.54) is 0 Å². The van der Waals surface area contributed by atoms with Gasteiger partial charge in [-0.1, -0.05) is 45.4 Å². The third-order valence-electron chi connectivity index (χ3n) is 5.49. The van der Waals surface area contributed by atoms with Gasteiger partial charge in [0.2, 0.25) is 0 Å². The van der Waals surface area contributed by atoms with Crippen LogP contribution in [0.1, 0.15) is 55.2 Å². The Bertz CT molecular complexity index is 734. The molecule has 1 aliphatic rings. The highest BCUT2D eigenvalue weighted by atomic mass is 16.4. The van der Waals surface area contributed by atoms with Gasteiger partial charge < -0.3 is 5.11 Å². The van der Waals surface area contributed by atoms with Crippen LogP contribution in [0.25, 0.3) is 10.9 Å². The molecule has 0 saturated heterocycles. The lowest BCUT2D eigenvalue weighted by molar-refractivity contribution is 0.0695.